The minimum Gasteiger partial charge on any atom is -0.508 e. The second kappa shape index (κ2) is 7.08. The predicted octanol–water partition coefficient (Wildman–Crippen LogP) is 3.58. The number of carbonyl (C=O) groups excluding carboxylic acids is 2. The highest BCUT2D eigenvalue weighted by Crippen LogP contribution is 2.36. The number of nitrogens with zero attached hydrogens (tertiary/aromatic N) is 1. The molecule has 0 saturated carbocycles. The zero-order valence-electron chi connectivity index (χ0n) is 13.1. The van der Waals surface area contributed by atoms with Gasteiger partial charge in [0.15, 0.2) is 4.32 Å². The number of hydrogen-bond acceptors (Lipinski definition) is 6. The van der Waals surface area contributed by atoms with Gasteiger partial charge in [0.25, 0.3) is 5.91 Å². The van der Waals surface area contributed by atoms with Crippen LogP contribution in [0.2, 0.25) is 0 Å². The Morgan fingerprint density at radius 3 is 2.60 bits per heavy atom. The van der Waals surface area contributed by atoms with Crippen LogP contribution >= 0.6 is 24.0 Å². The summed E-state index contributed by atoms with van der Waals surface area (Å²) in [7, 11) is 1.31. The van der Waals surface area contributed by atoms with Gasteiger partial charge in [-0.05, 0) is 48.0 Å². The summed E-state index contributed by atoms with van der Waals surface area (Å²) in [6.07, 6.45) is 1.68. The molecule has 1 amide bonds. The number of benzene rings is 2. The van der Waals surface area contributed by atoms with Crippen molar-refractivity contribution in [3.05, 3.63) is 64.6 Å². The molecule has 0 radical (unpaired) electrons. The monoisotopic (exact) mass is 371 g/mol. The number of thioether (sulfide) groups is 1. The Balaban J connectivity index is 1.87. The van der Waals surface area contributed by atoms with Gasteiger partial charge in [-0.1, -0.05) is 36.1 Å². The first-order chi connectivity index (χ1) is 12.0. The molecule has 1 fully saturated rings. The SMILES string of the molecule is COC(=O)c1ccc(N2C(=O)/C(=C/c3cccc(O)c3)SC2=S)cc1. The first-order valence-electron chi connectivity index (χ1n) is 7.25. The molecule has 3 rings (SSSR count). The van der Waals surface area contributed by atoms with Gasteiger partial charge >= 0.3 is 5.97 Å². The fourth-order valence-corrected chi connectivity index (χ4v) is 3.62. The highest BCUT2D eigenvalue weighted by Gasteiger charge is 2.33. The molecule has 25 heavy (non-hydrogen) atoms. The van der Waals surface area contributed by atoms with Crippen molar-refractivity contribution in [1.29, 1.82) is 0 Å². The highest BCUT2D eigenvalue weighted by atomic mass is 32.2. The molecular weight excluding hydrogens is 358 g/mol. The maximum absolute atomic E-state index is 12.7. The Hall–Kier alpha value is -2.64. The average Bonchev–Trinajstić information content (AvgIpc) is 2.88. The summed E-state index contributed by atoms with van der Waals surface area (Å²) >= 11 is 6.50. The average molecular weight is 371 g/mol. The smallest absolute Gasteiger partial charge is 0.337 e. The van der Waals surface area contributed by atoms with E-state index in [2.05, 4.69) is 4.74 Å². The fourth-order valence-electron chi connectivity index (χ4n) is 2.32. The number of phenolic OH excluding ortho intramolecular Hbond substituents is 1. The first-order valence-corrected chi connectivity index (χ1v) is 8.47. The summed E-state index contributed by atoms with van der Waals surface area (Å²) < 4.78 is 5.06. The lowest BCUT2D eigenvalue weighted by Crippen LogP contribution is -2.27. The van der Waals surface area contributed by atoms with Gasteiger partial charge in [-0.25, -0.2) is 4.79 Å². The van der Waals surface area contributed by atoms with E-state index in [4.69, 9.17) is 12.2 Å². The van der Waals surface area contributed by atoms with Gasteiger partial charge in [-0.2, -0.15) is 0 Å². The van der Waals surface area contributed by atoms with E-state index in [1.54, 1.807) is 54.6 Å². The Morgan fingerprint density at radius 2 is 1.96 bits per heavy atom. The number of carbonyl (C=O) groups is 2. The van der Waals surface area contributed by atoms with E-state index in [1.807, 2.05) is 0 Å². The number of phenols is 1. The van der Waals surface area contributed by atoms with Gasteiger partial charge in [0.05, 0.1) is 23.3 Å². The van der Waals surface area contributed by atoms with Crippen LogP contribution in [-0.4, -0.2) is 28.4 Å². The van der Waals surface area contributed by atoms with E-state index in [0.717, 1.165) is 0 Å². The van der Waals surface area contributed by atoms with Gasteiger partial charge in [0, 0.05) is 0 Å². The zero-order valence-corrected chi connectivity index (χ0v) is 14.8. The third-order valence-electron chi connectivity index (χ3n) is 3.51. The van der Waals surface area contributed by atoms with Crippen molar-refractivity contribution in [3.63, 3.8) is 0 Å². The molecule has 0 aliphatic carbocycles. The fraction of sp³-hybridized carbons (Fsp3) is 0.0556. The lowest BCUT2D eigenvalue weighted by atomic mass is 10.2. The standard InChI is InChI=1S/C18H13NO4S2/c1-23-17(22)12-5-7-13(8-6-12)19-16(21)15(25-18(19)24)10-11-3-2-4-14(20)9-11/h2-10,20H,1H3/b15-10-. The Bertz CT molecular complexity index is 890. The van der Waals surface area contributed by atoms with Crippen molar-refractivity contribution in [3.8, 4) is 5.75 Å². The highest BCUT2D eigenvalue weighted by molar-refractivity contribution is 8.27. The van der Waals surface area contributed by atoms with Gasteiger partial charge in [-0.15, -0.1) is 0 Å². The van der Waals surface area contributed by atoms with Crippen molar-refractivity contribution in [2.24, 2.45) is 0 Å². The molecule has 1 heterocycles. The molecule has 0 atom stereocenters. The molecule has 0 spiro atoms. The molecule has 0 bridgehead atoms. The third-order valence-corrected chi connectivity index (χ3v) is 4.81. The minimum absolute atomic E-state index is 0.127. The van der Waals surface area contributed by atoms with Crippen LogP contribution in [0.25, 0.3) is 6.08 Å². The zero-order chi connectivity index (χ0) is 18.0. The molecule has 5 nitrogen and oxygen atoms in total. The molecule has 1 saturated heterocycles. The quantitative estimate of drug-likeness (QED) is 0.505. The van der Waals surface area contributed by atoms with Crippen LogP contribution in [0, 0.1) is 0 Å². The number of rotatable bonds is 3. The van der Waals surface area contributed by atoms with Crippen molar-refractivity contribution >= 4 is 51.9 Å². The van der Waals surface area contributed by atoms with Crippen LogP contribution in [0.5, 0.6) is 5.75 Å². The van der Waals surface area contributed by atoms with E-state index in [0.29, 0.717) is 26.0 Å². The van der Waals surface area contributed by atoms with Crippen LogP contribution in [0.15, 0.2) is 53.4 Å². The number of anilines is 1. The molecule has 1 N–H and O–H groups in total. The molecule has 1 aliphatic heterocycles. The van der Waals surface area contributed by atoms with Crippen LogP contribution in [0.3, 0.4) is 0 Å². The second-order valence-electron chi connectivity index (χ2n) is 5.15. The summed E-state index contributed by atoms with van der Waals surface area (Å²) in [5.74, 6) is -0.562. The lowest BCUT2D eigenvalue weighted by molar-refractivity contribution is -0.113. The number of methoxy groups -OCH3 is 1. The molecule has 2 aromatic rings. The van der Waals surface area contributed by atoms with Gasteiger partial charge < -0.3 is 9.84 Å². The second-order valence-corrected chi connectivity index (χ2v) is 6.83. The number of amides is 1. The number of thiocarbonyl (C=S) groups is 1. The van der Waals surface area contributed by atoms with E-state index >= 15 is 0 Å². The Kier molecular flexibility index (Phi) is 4.87. The molecule has 0 aromatic heterocycles. The predicted molar refractivity (Wildman–Crippen MR) is 102 cm³/mol. The molecule has 1 aliphatic rings. The first kappa shape index (κ1) is 17.2. The van der Waals surface area contributed by atoms with Crippen LogP contribution in [-0.2, 0) is 9.53 Å². The molecule has 7 heteroatoms. The van der Waals surface area contributed by atoms with Crippen LogP contribution in [0.1, 0.15) is 15.9 Å². The van der Waals surface area contributed by atoms with Crippen molar-refractivity contribution in [2.75, 3.05) is 12.0 Å². The number of esters is 1. The van der Waals surface area contributed by atoms with E-state index in [-0.39, 0.29) is 11.7 Å². The largest absolute Gasteiger partial charge is 0.508 e. The van der Waals surface area contributed by atoms with Crippen LogP contribution < -0.4 is 4.90 Å². The number of aromatic hydroxyl groups is 1. The number of hydrogen-bond donors (Lipinski definition) is 1. The maximum atomic E-state index is 12.7. The molecule has 0 unspecified atom stereocenters. The normalized spacial score (nSPS) is 15.7. The molecule has 126 valence electrons. The molecular formula is C18H13NO4S2. The lowest BCUT2D eigenvalue weighted by Gasteiger charge is -2.14. The van der Waals surface area contributed by atoms with E-state index in [9.17, 15) is 14.7 Å². The number of ether oxygens (including phenoxy) is 1. The van der Waals surface area contributed by atoms with Crippen molar-refractivity contribution < 1.29 is 19.4 Å². The summed E-state index contributed by atoms with van der Waals surface area (Å²) in [4.78, 5) is 26.0. The maximum Gasteiger partial charge on any atom is 0.337 e. The summed E-state index contributed by atoms with van der Waals surface area (Å²) in [6, 6.07) is 13.1. The Labute approximate surface area is 153 Å². The summed E-state index contributed by atoms with van der Waals surface area (Å²) in [5, 5.41) is 9.53. The van der Waals surface area contributed by atoms with E-state index in [1.165, 1.54) is 23.8 Å². The van der Waals surface area contributed by atoms with Crippen molar-refractivity contribution in [2.45, 2.75) is 0 Å². The summed E-state index contributed by atoms with van der Waals surface area (Å²) in [5.41, 5.74) is 1.68. The van der Waals surface area contributed by atoms with Crippen LogP contribution in [0.4, 0.5) is 5.69 Å². The molecule has 2 aromatic carbocycles. The summed E-state index contributed by atoms with van der Waals surface area (Å²) in [6.45, 7) is 0. The Morgan fingerprint density at radius 1 is 1.24 bits per heavy atom. The van der Waals surface area contributed by atoms with Gasteiger partial charge in [0.1, 0.15) is 5.75 Å². The topological polar surface area (TPSA) is 66.8 Å². The van der Waals surface area contributed by atoms with Crippen molar-refractivity contribution in [1.82, 2.24) is 0 Å². The minimum atomic E-state index is -0.444. The van der Waals surface area contributed by atoms with E-state index < -0.39 is 5.97 Å². The third kappa shape index (κ3) is 3.57. The van der Waals surface area contributed by atoms with Gasteiger partial charge in [0.2, 0.25) is 0 Å². The van der Waals surface area contributed by atoms with Gasteiger partial charge in [-0.3, -0.25) is 9.69 Å².